The Bertz CT molecular complexity index is 186. The molecule has 0 aliphatic heterocycles. The van der Waals surface area contributed by atoms with E-state index >= 15 is 0 Å². The van der Waals surface area contributed by atoms with Crippen molar-refractivity contribution in [1.29, 1.82) is 0 Å². The van der Waals surface area contributed by atoms with Crippen LogP contribution in [0.5, 0.6) is 0 Å². The zero-order valence-corrected chi connectivity index (χ0v) is 9.27. The SMILES string of the molecule is CCNC1(CC(=O)OCC)CCCC1. The van der Waals surface area contributed by atoms with Gasteiger partial charge in [0.15, 0.2) is 0 Å². The number of carbonyl (C=O) groups excluding carboxylic acids is 1. The molecule has 0 aromatic rings. The van der Waals surface area contributed by atoms with Gasteiger partial charge >= 0.3 is 5.97 Å². The minimum absolute atomic E-state index is 0.0427. The second-order valence-electron chi connectivity index (χ2n) is 4.00. The van der Waals surface area contributed by atoms with Crippen molar-refractivity contribution < 1.29 is 9.53 Å². The van der Waals surface area contributed by atoms with Crippen LogP contribution in [0, 0.1) is 0 Å². The normalized spacial score (nSPS) is 19.6. The molecule has 0 aromatic carbocycles. The lowest BCUT2D eigenvalue weighted by atomic mass is 9.93. The second-order valence-corrected chi connectivity index (χ2v) is 4.00. The largest absolute Gasteiger partial charge is 0.466 e. The maximum absolute atomic E-state index is 11.4. The standard InChI is InChI=1S/C11H21NO2/c1-3-12-11(7-5-6-8-11)9-10(13)14-4-2/h12H,3-9H2,1-2H3. The van der Waals surface area contributed by atoms with E-state index in [9.17, 15) is 4.79 Å². The van der Waals surface area contributed by atoms with Crippen LogP contribution in [0.2, 0.25) is 0 Å². The first kappa shape index (κ1) is 11.5. The minimum Gasteiger partial charge on any atom is -0.466 e. The zero-order chi connectivity index (χ0) is 10.4. The molecule has 1 aliphatic rings. The zero-order valence-electron chi connectivity index (χ0n) is 9.27. The van der Waals surface area contributed by atoms with E-state index in [1.807, 2.05) is 6.92 Å². The highest BCUT2D eigenvalue weighted by Crippen LogP contribution is 2.32. The van der Waals surface area contributed by atoms with Crippen molar-refractivity contribution in [2.24, 2.45) is 0 Å². The van der Waals surface area contributed by atoms with Gasteiger partial charge in [-0.25, -0.2) is 0 Å². The molecular formula is C11H21NO2. The fourth-order valence-corrected chi connectivity index (χ4v) is 2.33. The lowest BCUT2D eigenvalue weighted by Crippen LogP contribution is -2.44. The molecule has 1 rings (SSSR count). The molecule has 0 bridgehead atoms. The highest BCUT2D eigenvalue weighted by molar-refractivity contribution is 5.71. The summed E-state index contributed by atoms with van der Waals surface area (Å²) in [6, 6.07) is 0. The van der Waals surface area contributed by atoms with Gasteiger partial charge in [-0.15, -0.1) is 0 Å². The van der Waals surface area contributed by atoms with E-state index in [2.05, 4.69) is 12.2 Å². The van der Waals surface area contributed by atoms with E-state index in [4.69, 9.17) is 4.74 Å². The van der Waals surface area contributed by atoms with Crippen LogP contribution in [0.4, 0.5) is 0 Å². The quantitative estimate of drug-likeness (QED) is 0.687. The Morgan fingerprint density at radius 1 is 1.36 bits per heavy atom. The number of ether oxygens (including phenoxy) is 1. The van der Waals surface area contributed by atoms with Gasteiger partial charge in [0, 0.05) is 5.54 Å². The summed E-state index contributed by atoms with van der Waals surface area (Å²) in [7, 11) is 0. The molecule has 1 N–H and O–H groups in total. The molecule has 0 radical (unpaired) electrons. The molecule has 1 aliphatic carbocycles. The Balaban J connectivity index is 2.46. The van der Waals surface area contributed by atoms with Crippen molar-refractivity contribution in [2.75, 3.05) is 13.2 Å². The van der Waals surface area contributed by atoms with E-state index in [0.717, 1.165) is 19.4 Å². The average Bonchev–Trinajstić information content (AvgIpc) is 2.54. The van der Waals surface area contributed by atoms with Crippen LogP contribution < -0.4 is 5.32 Å². The minimum atomic E-state index is -0.0599. The molecule has 1 fully saturated rings. The molecule has 0 aromatic heterocycles. The molecule has 3 nitrogen and oxygen atoms in total. The smallest absolute Gasteiger partial charge is 0.307 e. The van der Waals surface area contributed by atoms with Crippen molar-refractivity contribution in [2.45, 2.75) is 51.5 Å². The van der Waals surface area contributed by atoms with Gasteiger partial charge in [-0.3, -0.25) is 4.79 Å². The summed E-state index contributed by atoms with van der Waals surface area (Å²) >= 11 is 0. The van der Waals surface area contributed by atoms with Crippen LogP contribution in [0.15, 0.2) is 0 Å². The van der Waals surface area contributed by atoms with E-state index in [-0.39, 0.29) is 11.5 Å². The molecule has 0 atom stereocenters. The van der Waals surface area contributed by atoms with Gasteiger partial charge in [0.2, 0.25) is 0 Å². The third kappa shape index (κ3) is 2.98. The lowest BCUT2D eigenvalue weighted by molar-refractivity contribution is -0.144. The first-order chi connectivity index (χ1) is 6.72. The predicted molar refractivity (Wildman–Crippen MR) is 56.1 cm³/mol. The average molecular weight is 199 g/mol. The third-order valence-corrected chi connectivity index (χ3v) is 2.90. The van der Waals surface area contributed by atoms with Gasteiger partial charge in [0.1, 0.15) is 0 Å². The van der Waals surface area contributed by atoms with Crippen LogP contribution in [-0.2, 0) is 9.53 Å². The summed E-state index contributed by atoms with van der Waals surface area (Å²) < 4.78 is 5.00. The monoisotopic (exact) mass is 199 g/mol. The molecule has 0 unspecified atom stereocenters. The fourth-order valence-electron chi connectivity index (χ4n) is 2.33. The lowest BCUT2D eigenvalue weighted by Gasteiger charge is -2.28. The van der Waals surface area contributed by atoms with Gasteiger partial charge in [-0.1, -0.05) is 19.8 Å². The molecule has 0 amide bonds. The van der Waals surface area contributed by atoms with Gasteiger partial charge in [0.25, 0.3) is 0 Å². The highest BCUT2D eigenvalue weighted by atomic mass is 16.5. The van der Waals surface area contributed by atoms with E-state index in [1.54, 1.807) is 0 Å². The highest BCUT2D eigenvalue weighted by Gasteiger charge is 2.35. The van der Waals surface area contributed by atoms with E-state index in [0.29, 0.717) is 13.0 Å². The Hall–Kier alpha value is -0.570. The summed E-state index contributed by atoms with van der Waals surface area (Å²) in [5.41, 5.74) is 0.0427. The maximum atomic E-state index is 11.4. The van der Waals surface area contributed by atoms with Gasteiger partial charge in [0.05, 0.1) is 13.0 Å². The Morgan fingerprint density at radius 2 is 2.00 bits per heavy atom. The number of carbonyl (C=O) groups is 1. The number of nitrogens with one attached hydrogen (secondary N) is 1. The van der Waals surface area contributed by atoms with Crippen LogP contribution in [0.1, 0.15) is 46.0 Å². The molecule has 1 saturated carbocycles. The summed E-state index contributed by atoms with van der Waals surface area (Å²) in [4.78, 5) is 11.4. The summed E-state index contributed by atoms with van der Waals surface area (Å²) in [6.45, 7) is 5.36. The molecule has 0 heterocycles. The molecule has 0 spiro atoms. The van der Waals surface area contributed by atoms with E-state index < -0.39 is 0 Å². The molecule has 14 heavy (non-hydrogen) atoms. The molecule has 82 valence electrons. The van der Waals surface area contributed by atoms with Crippen molar-refractivity contribution >= 4 is 5.97 Å². The Labute approximate surface area is 86.2 Å². The first-order valence-electron chi connectivity index (χ1n) is 5.63. The van der Waals surface area contributed by atoms with E-state index in [1.165, 1.54) is 12.8 Å². The summed E-state index contributed by atoms with van der Waals surface area (Å²) in [6.07, 6.45) is 5.22. The summed E-state index contributed by atoms with van der Waals surface area (Å²) in [5.74, 6) is -0.0599. The van der Waals surface area contributed by atoms with Crippen LogP contribution >= 0.6 is 0 Å². The van der Waals surface area contributed by atoms with Gasteiger partial charge in [-0.2, -0.15) is 0 Å². The second kappa shape index (κ2) is 5.35. The predicted octanol–water partition coefficient (Wildman–Crippen LogP) is 1.86. The molecule has 3 heteroatoms. The Morgan fingerprint density at radius 3 is 2.50 bits per heavy atom. The fraction of sp³-hybridized carbons (Fsp3) is 0.909. The summed E-state index contributed by atoms with van der Waals surface area (Å²) in [5, 5.41) is 3.45. The number of hydrogen-bond acceptors (Lipinski definition) is 3. The van der Waals surface area contributed by atoms with Crippen LogP contribution in [-0.4, -0.2) is 24.7 Å². The van der Waals surface area contributed by atoms with Gasteiger partial charge < -0.3 is 10.1 Å². The van der Waals surface area contributed by atoms with Crippen molar-refractivity contribution in [3.63, 3.8) is 0 Å². The van der Waals surface area contributed by atoms with Gasteiger partial charge in [-0.05, 0) is 26.3 Å². The number of esters is 1. The topological polar surface area (TPSA) is 38.3 Å². The number of hydrogen-bond donors (Lipinski definition) is 1. The molecule has 0 saturated heterocycles. The Kier molecular flexibility index (Phi) is 4.39. The van der Waals surface area contributed by atoms with Crippen LogP contribution in [0.3, 0.4) is 0 Å². The maximum Gasteiger partial charge on any atom is 0.307 e. The first-order valence-corrected chi connectivity index (χ1v) is 5.63. The molecular weight excluding hydrogens is 178 g/mol. The number of rotatable bonds is 5. The third-order valence-electron chi connectivity index (χ3n) is 2.90. The van der Waals surface area contributed by atoms with Crippen molar-refractivity contribution in [3.05, 3.63) is 0 Å². The van der Waals surface area contributed by atoms with Crippen LogP contribution in [0.25, 0.3) is 0 Å². The van der Waals surface area contributed by atoms with Crippen molar-refractivity contribution in [3.8, 4) is 0 Å². The van der Waals surface area contributed by atoms with Crippen molar-refractivity contribution in [1.82, 2.24) is 5.32 Å².